The van der Waals surface area contributed by atoms with E-state index in [0.717, 1.165) is 35.7 Å². The Morgan fingerprint density at radius 1 is 1.30 bits per heavy atom. The smallest absolute Gasteiger partial charge is 0.307 e. The molecular formula is C14H14ClN3O2. The van der Waals surface area contributed by atoms with Crippen molar-refractivity contribution in [3.63, 3.8) is 0 Å². The molecule has 3 rings (SSSR count). The number of carbonyl (C=O) groups is 1. The highest BCUT2D eigenvalue weighted by molar-refractivity contribution is 6.16. The maximum Gasteiger partial charge on any atom is 0.307 e. The Morgan fingerprint density at radius 2 is 2.00 bits per heavy atom. The Bertz CT molecular complexity index is 632. The molecule has 1 aromatic heterocycles. The van der Waals surface area contributed by atoms with Crippen molar-refractivity contribution < 1.29 is 9.90 Å². The van der Waals surface area contributed by atoms with Gasteiger partial charge >= 0.3 is 5.97 Å². The van der Waals surface area contributed by atoms with Crippen molar-refractivity contribution in [1.82, 2.24) is 14.8 Å². The largest absolute Gasteiger partial charge is 0.481 e. The monoisotopic (exact) mass is 291 g/mol. The number of rotatable bonds is 5. The second-order valence-electron chi connectivity index (χ2n) is 4.95. The molecular weight excluding hydrogens is 278 g/mol. The maximum absolute atomic E-state index is 10.7. The molecule has 1 saturated carbocycles. The minimum absolute atomic E-state index is 0.0281. The van der Waals surface area contributed by atoms with E-state index in [9.17, 15) is 4.79 Å². The standard InChI is InChI=1S/C14H14ClN3O2/c15-8-12-16-17-14(10-3-4-10)18(12)11-5-1-9(2-6-11)7-13(19)20/h1-2,5-6,10H,3-4,7-8H2,(H,19,20). The van der Waals surface area contributed by atoms with Crippen LogP contribution in [0, 0.1) is 0 Å². The second kappa shape index (κ2) is 5.25. The van der Waals surface area contributed by atoms with Gasteiger partial charge < -0.3 is 5.11 Å². The molecule has 1 fully saturated rings. The third-order valence-corrected chi connectivity index (χ3v) is 3.61. The molecule has 0 aliphatic heterocycles. The molecule has 1 N–H and O–H groups in total. The molecule has 0 spiro atoms. The van der Waals surface area contributed by atoms with Crippen LogP contribution < -0.4 is 0 Å². The summed E-state index contributed by atoms with van der Waals surface area (Å²) in [7, 11) is 0. The molecule has 2 aromatic rings. The first-order valence-corrected chi connectivity index (χ1v) is 7.03. The van der Waals surface area contributed by atoms with Crippen LogP contribution in [0.4, 0.5) is 0 Å². The molecule has 0 atom stereocenters. The van der Waals surface area contributed by atoms with Crippen LogP contribution in [0.2, 0.25) is 0 Å². The van der Waals surface area contributed by atoms with Gasteiger partial charge in [0.05, 0.1) is 12.3 Å². The average molecular weight is 292 g/mol. The van der Waals surface area contributed by atoms with Crippen molar-refractivity contribution in [3.05, 3.63) is 41.5 Å². The highest BCUT2D eigenvalue weighted by Crippen LogP contribution is 2.40. The number of halogens is 1. The lowest BCUT2D eigenvalue weighted by Gasteiger charge is -2.09. The normalized spacial score (nSPS) is 14.4. The summed E-state index contributed by atoms with van der Waals surface area (Å²) in [6.07, 6.45) is 2.30. The molecule has 0 radical (unpaired) electrons. The number of aromatic nitrogens is 3. The SMILES string of the molecule is O=C(O)Cc1ccc(-n2c(CCl)nnc2C2CC2)cc1. The summed E-state index contributed by atoms with van der Waals surface area (Å²) in [5.41, 5.74) is 1.71. The van der Waals surface area contributed by atoms with E-state index in [1.807, 2.05) is 28.8 Å². The quantitative estimate of drug-likeness (QED) is 0.860. The maximum atomic E-state index is 10.7. The van der Waals surface area contributed by atoms with E-state index in [2.05, 4.69) is 10.2 Å². The molecule has 6 heteroatoms. The number of benzene rings is 1. The molecule has 0 saturated heterocycles. The van der Waals surface area contributed by atoms with Gasteiger partial charge in [0.25, 0.3) is 0 Å². The summed E-state index contributed by atoms with van der Waals surface area (Å²) in [6, 6.07) is 7.42. The minimum atomic E-state index is -0.831. The van der Waals surface area contributed by atoms with Crippen LogP contribution in [0.5, 0.6) is 0 Å². The molecule has 1 aliphatic carbocycles. The molecule has 20 heavy (non-hydrogen) atoms. The first kappa shape index (κ1) is 13.1. The van der Waals surface area contributed by atoms with E-state index < -0.39 is 5.97 Å². The summed E-state index contributed by atoms with van der Waals surface area (Å²) in [4.78, 5) is 10.7. The van der Waals surface area contributed by atoms with Crippen LogP contribution in [0.3, 0.4) is 0 Å². The van der Waals surface area contributed by atoms with Crippen LogP contribution in [0.1, 0.15) is 36.0 Å². The third kappa shape index (κ3) is 2.54. The zero-order chi connectivity index (χ0) is 14.1. The Kier molecular flexibility index (Phi) is 3.44. The van der Waals surface area contributed by atoms with Gasteiger partial charge in [0.15, 0.2) is 5.82 Å². The molecule has 104 valence electrons. The van der Waals surface area contributed by atoms with Gasteiger partial charge in [0.1, 0.15) is 5.82 Å². The van der Waals surface area contributed by atoms with Gasteiger partial charge in [-0.25, -0.2) is 0 Å². The van der Waals surface area contributed by atoms with Crippen molar-refractivity contribution >= 4 is 17.6 Å². The van der Waals surface area contributed by atoms with E-state index in [0.29, 0.717) is 11.8 Å². The molecule has 0 amide bonds. The summed E-state index contributed by atoms with van der Waals surface area (Å²) in [5, 5.41) is 17.1. The van der Waals surface area contributed by atoms with Gasteiger partial charge in [-0.1, -0.05) is 12.1 Å². The number of nitrogens with zero attached hydrogens (tertiary/aromatic N) is 3. The number of carboxylic acids is 1. The molecule has 1 heterocycles. The number of carboxylic acid groups (broad SMARTS) is 1. The zero-order valence-electron chi connectivity index (χ0n) is 10.8. The first-order valence-electron chi connectivity index (χ1n) is 6.50. The first-order chi connectivity index (χ1) is 9.69. The Morgan fingerprint density at radius 3 is 2.55 bits per heavy atom. The predicted molar refractivity (Wildman–Crippen MR) is 74.2 cm³/mol. The Balaban J connectivity index is 1.95. The fourth-order valence-electron chi connectivity index (χ4n) is 2.24. The summed E-state index contributed by atoms with van der Waals surface area (Å²) in [6.45, 7) is 0. The summed E-state index contributed by atoms with van der Waals surface area (Å²) < 4.78 is 1.98. The summed E-state index contributed by atoms with van der Waals surface area (Å²) in [5.74, 6) is 1.61. The molecule has 1 aliphatic rings. The van der Waals surface area contributed by atoms with Crippen molar-refractivity contribution in [2.75, 3.05) is 0 Å². The van der Waals surface area contributed by atoms with Gasteiger partial charge in [0, 0.05) is 11.6 Å². The van der Waals surface area contributed by atoms with Gasteiger partial charge in [-0.15, -0.1) is 21.8 Å². The highest BCUT2D eigenvalue weighted by Gasteiger charge is 2.30. The van der Waals surface area contributed by atoms with Crippen LogP contribution in [0.15, 0.2) is 24.3 Å². The average Bonchev–Trinajstić information content (AvgIpc) is 3.18. The van der Waals surface area contributed by atoms with Crippen LogP contribution in [0.25, 0.3) is 5.69 Å². The fourth-order valence-corrected chi connectivity index (χ4v) is 2.41. The Labute approximate surface area is 121 Å². The fraction of sp³-hybridized carbons (Fsp3) is 0.357. The number of alkyl halides is 1. The van der Waals surface area contributed by atoms with E-state index >= 15 is 0 Å². The van der Waals surface area contributed by atoms with E-state index in [-0.39, 0.29) is 6.42 Å². The molecule has 5 nitrogen and oxygen atoms in total. The van der Waals surface area contributed by atoms with Crippen LogP contribution in [-0.2, 0) is 17.1 Å². The van der Waals surface area contributed by atoms with E-state index in [4.69, 9.17) is 16.7 Å². The van der Waals surface area contributed by atoms with Crippen molar-refractivity contribution in [2.24, 2.45) is 0 Å². The topological polar surface area (TPSA) is 68.0 Å². The third-order valence-electron chi connectivity index (χ3n) is 3.37. The highest BCUT2D eigenvalue weighted by atomic mass is 35.5. The number of hydrogen-bond donors (Lipinski definition) is 1. The van der Waals surface area contributed by atoms with Gasteiger partial charge in [-0.05, 0) is 30.5 Å². The molecule has 1 aromatic carbocycles. The van der Waals surface area contributed by atoms with Gasteiger partial charge in [-0.3, -0.25) is 9.36 Å². The van der Waals surface area contributed by atoms with Crippen LogP contribution >= 0.6 is 11.6 Å². The van der Waals surface area contributed by atoms with Crippen molar-refractivity contribution in [1.29, 1.82) is 0 Å². The minimum Gasteiger partial charge on any atom is -0.481 e. The van der Waals surface area contributed by atoms with Crippen molar-refractivity contribution in [3.8, 4) is 5.69 Å². The van der Waals surface area contributed by atoms with Gasteiger partial charge in [0.2, 0.25) is 0 Å². The molecule has 0 unspecified atom stereocenters. The number of aliphatic carboxylic acids is 1. The van der Waals surface area contributed by atoms with Gasteiger partial charge in [-0.2, -0.15) is 0 Å². The zero-order valence-corrected chi connectivity index (χ0v) is 11.5. The molecule has 0 bridgehead atoms. The summed E-state index contributed by atoms with van der Waals surface area (Å²) >= 11 is 5.92. The number of hydrogen-bond acceptors (Lipinski definition) is 3. The van der Waals surface area contributed by atoms with Crippen molar-refractivity contribution in [2.45, 2.75) is 31.1 Å². The predicted octanol–water partition coefficient (Wildman–Crippen LogP) is 2.51. The Hall–Kier alpha value is -1.88. The lowest BCUT2D eigenvalue weighted by atomic mass is 10.1. The van der Waals surface area contributed by atoms with E-state index in [1.54, 1.807) is 0 Å². The van der Waals surface area contributed by atoms with E-state index in [1.165, 1.54) is 0 Å². The lowest BCUT2D eigenvalue weighted by Crippen LogP contribution is -2.05. The van der Waals surface area contributed by atoms with Crippen LogP contribution in [-0.4, -0.2) is 25.8 Å². The lowest BCUT2D eigenvalue weighted by molar-refractivity contribution is -0.136. The second-order valence-corrected chi connectivity index (χ2v) is 5.22.